The quantitative estimate of drug-likeness (QED) is 0.687. The fourth-order valence-electron chi connectivity index (χ4n) is 2.21. The van der Waals surface area contributed by atoms with Gasteiger partial charge in [0.25, 0.3) is 0 Å². The smallest absolute Gasteiger partial charge is 0.0590 e. The standard InChI is InChI=1S/C12H25NO/c1-4-14-8-7-13-12-6-5-10(2)11(3)9-12/h10-13H,4-9H2,1-3H3/t10-,11+,12-/m0/s1. The Hall–Kier alpha value is -0.0800. The van der Waals surface area contributed by atoms with E-state index < -0.39 is 0 Å². The molecule has 0 radical (unpaired) electrons. The molecular weight excluding hydrogens is 174 g/mol. The lowest BCUT2D eigenvalue weighted by atomic mass is 9.79. The molecule has 84 valence electrons. The summed E-state index contributed by atoms with van der Waals surface area (Å²) in [7, 11) is 0. The lowest BCUT2D eigenvalue weighted by Crippen LogP contribution is -2.37. The maximum atomic E-state index is 5.31. The first-order valence-electron chi connectivity index (χ1n) is 6.05. The summed E-state index contributed by atoms with van der Waals surface area (Å²) in [5.41, 5.74) is 0. The van der Waals surface area contributed by atoms with E-state index in [2.05, 4.69) is 19.2 Å². The highest BCUT2D eigenvalue weighted by atomic mass is 16.5. The van der Waals surface area contributed by atoms with E-state index in [9.17, 15) is 0 Å². The van der Waals surface area contributed by atoms with Gasteiger partial charge in [0.1, 0.15) is 0 Å². The number of nitrogens with one attached hydrogen (secondary N) is 1. The van der Waals surface area contributed by atoms with E-state index in [0.29, 0.717) is 0 Å². The summed E-state index contributed by atoms with van der Waals surface area (Å²) < 4.78 is 5.31. The van der Waals surface area contributed by atoms with Gasteiger partial charge in [-0.3, -0.25) is 0 Å². The van der Waals surface area contributed by atoms with Crippen LogP contribution in [0.15, 0.2) is 0 Å². The Kier molecular flexibility index (Phi) is 5.49. The molecular formula is C12H25NO. The molecule has 0 aromatic rings. The molecule has 0 heterocycles. The summed E-state index contributed by atoms with van der Waals surface area (Å²) in [5.74, 6) is 1.80. The zero-order valence-corrected chi connectivity index (χ0v) is 9.88. The van der Waals surface area contributed by atoms with E-state index in [1.165, 1.54) is 19.3 Å². The lowest BCUT2D eigenvalue weighted by molar-refractivity contribution is 0.140. The first-order chi connectivity index (χ1) is 6.74. The number of rotatable bonds is 5. The molecule has 0 spiro atoms. The molecule has 0 unspecified atom stereocenters. The zero-order chi connectivity index (χ0) is 10.4. The third-order valence-corrected chi connectivity index (χ3v) is 3.48. The highest BCUT2D eigenvalue weighted by molar-refractivity contribution is 4.79. The molecule has 1 saturated carbocycles. The predicted octanol–water partition coefficient (Wildman–Crippen LogP) is 2.44. The van der Waals surface area contributed by atoms with Crippen LogP contribution in [-0.4, -0.2) is 25.8 Å². The van der Waals surface area contributed by atoms with Gasteiger partial charge in [-0.1, -0.05) is 13.8 Å². The number of hydrogen-bond acceptors (Lipinski definition) is 2. The van der Waals surface area contributed by atoms with Gasteiger partial charge in [-0.2, -0.15) is 0 Å². The second-order valence-electron chi connectivity index (χ2n) is 4.62. The molecule has 1 N–H and O–H groups in total. The minimum absolute atomic E-state index is 0.738. The number of hydrogen-bond donors (Lipinski definition) is 1. The Morgan fingerprint density at radius 1 is 1.21 bits per heavy atom. The number of ether oxygens (including phenoxy) is 1. The maximum absolute atomic E-state index is 5.31. The third kappa shape index (κ3) is 3.97. The first-order valence-corrected chi connectivity index (χ1v) is 6.05. The predicted molar refractivity (Wildman–Crippen MR) is 60.5 cm³/mol. The molecule has 0 aromatic heterocycles. The fraction of sp³-hybridized carbons (Fsp3) is 1.00. The Bertz CT molecular complexity index is 149. The Labute approximate surface area is 88.4 Å². The zero-order valence-electron chi connectivity index (χ0n) is 9.88. The summed E-state index contributed by atoms with van der Waals surface area (Å²) in [6.07, 6.45) is 4.07. The van der Waals surface area contributed by atoms with Crippen molar-refractivity contribution >= 4 is 0 Å². The van der Waals surface area contributed by atoms with Crippen molar-refractivity contribution in [2.75, 3.05) is 19.8 Å². The van der Waals surface area contributed by atoms with Crippen molar-refractivity contribution in [2.45, 2.75) is 46.1 Å². The van der Waals surface area contributed by atoms with Crippen LogP contribution in [0.1, 0.15) is 40.0 Å². The molecule has 0 aliphatic heterocycles. The molecule has 14 heavy (non-hydrogen) atoms. The normalized spacial score (nSPS) is 33.2. The highest BCUT2D eigenvalue weighted by Gasteiger charge is 2.23. The van der Waals surface area contributed by atoms with Gasteiger partial charge in [-0.15, -0.1) is 0 Å². The third-order valence-electron chi connectivity index (χ3n) is 3.48. The second-order valence-corrected chi connectivity index (χ2v) is 4.62. The molecule has 3 atom stereocenters. The molecule has 1 rings (SSSR count). The second kappa shape index (κ2) is 6.41. The fourth-order valence-corrected chi connectivity index (χ4v) is 2.21. The van der Waals surface area contributed by atoms with Crippen molar-refractivity contribution in [2.24, 2.45) is 11.8 Å². The van der Waals surface area contributed by atoms with Crippen LogP contribution in [0.4, 0.5) is 0 Å². The molecule has 0 amide bonds. The summed E-state index contributed by atoms with van der Waals surface area (Å²) in [6, 6.07) is 0.738. The average Bonchev–Trinajstić information content (AvgIpc) is 2.18. The van der Waals surface area contributed by atoms with E-state index in [4.69, 9.17) is 4.74 Å². The van der Waals surface area contributed by atoms with Crippen LogP contribution in [0.25, 0.3) is 0 Å². The molecule has 1 fully saturated rings. The van der Waals surface area contributed by atoms with Gasteiger partial charge in [-0.25, -0.2) is 0 Å². The topological polar surface area (TPSA) is 21.3 Å². The molecule has 0 saturated heterocycles. The molecule has 1 aliphatic carbocycles. The van der Waals surface area contributed by atoms with Crippen LogP contribution in [0, 0.1) is 11.8 Å². The summed E-state index contributed by atoms with van der Waals surface area (Å²) in [5, 5.41) is 3.58. The van der Waals surface area contributed by atoms with Crippen molar-refractivity contribution in [1.82, 2.24) is 5.32 Å². The summed E-state index contributed by atoms with van der Waals surface area (Å²) in [6.45, 7) is 9.50. The van der Waals surface area contributed by atoms with Crippen LogP contribution in [0.3, 0.4) is 0 Å². The Morgan fingerprint density at radius 2 is 2.00 bits per heavy atom. The molecule has 2 heteroatoms. The van der Waals surface area contributed by atoms with Gasteiger partial charge < -0.3 is 10.1 Å². The Morgan fingerprint density at radius 3 is 2.64 bits per heavy atom. The van der Waals surface area contributed by atoms with Gasteiger partial charge in [-0.05, 0) is 38.0 Å². The van der Waals surface area contributed by atoms with Gasteiger partial charge in [0.15, 0.2) is 0 Å². The maximum Gasteiger partial charge on any atom is 0.0590 e. The van der Waals surface area contributed by atoms with Crippen molar-refractivity contribution in [3.05, 3.63) is 0 Å². The van der Waals surface area contributed by atoms with Crippen LogP contribution < -0.4 is 5.32 Å². The van der Waals surface area contributed by atoms with E-state index in [-0.39, 0.29) is 0 Å². The van der Waals surface area contributed by atoms with Crippen LogP contribution in [0.2, 0.25) is 0 Å². The van der Waals surface area contributed by atoms with Crippen molar-refractivity contribution in [1.29, 1.82) is 0 Å². The molecule has 0 bridgehead atoms. The molecule has 2 nitrogen and oxygen atoms in total. The SMILES string of the molecule is CCOCCN[C@H]1CC[C@H](C)[C@H](C)C1. The van der Waals surface area contributed by atoms with Gasteiger partial charge in [0.05, 0.1) is 6.61 Å². The van der Waals surface area contributed by atoms with Crippen LogP contribution in [-0.2, 0) is 4.74 Å². The van der Waals surface area contributed by atoms with Crippen molar-refractivity contribution in [3.8, 4) is 0 Å². The molecule has 0 aromatic carbocycles. The lowest BCUT2D eigenvalue weighted by Gasteiger charge is -2.32. The minimum atomic E-state index is 0.738. The van der Waals surface area contributed by atoms with E-state index in [1.807, 2.05) is 6.92 Å². The van der Waals surface area contributed by atoms with Gasteiger partial charge in [0.2, 0.25) is 0 Å². The largest absolute Gasteiger partial charge is 0.380 e. The Balaban J connectivity index is 2.07. The van der Waals surface area contributed by atoms with Gasteiger partial charge in [0, 0.05) is 19.2 Å². The molecule has 1 aliphatic rings. The van der Waals surface area contributed by atoms with E-state index in [1.54, 1.807) is 0 Å². The monoisotopic (exact) mass is 199 g/mol. The summed E-state index contributed by atoms with van der Waals surface area (Å²) >= 11 is 0. The first kappa shape index (κ1) is 12.0. The van der Waals surface area contributed by atoms with Gasteiger partial charge >= 0.3 is 0 Å². The van der Waals surface area contributed by atoms with Crippen LogP contribution >= 0.6 is 0 Å². The van der Waals surface area contributed by atoms with Crippen molar-refractivity contribution < 1.29 is 4.74 Å². The minimum Gasteiger partial charge on any atom is -0.380 e. The average molecular weight is 199 g/mol. The van der Waals surface area contributed by atoms with Crippen LogP contribution in [0.5, 0.6) is 0 Å². The highest BCUT2D eigenvalue weighted by Crippen LogP contribution is 2.29. The van der Waals surface area contributed by atoms with E-state index >= 15 is 0 Å². The van der Waals surface area contributed by atoms with Crippen molar-refractivity contribution in [3.63, 3.8) is 0 Å². The summed E-state index contributed by atoms with van der Waals surface area (Å²) in [4.78, 5) is 0. The van der Waals surface area contributed by atoms with E-state index in [0.717, 1.165) is 37.6 Å².